The van der Waals surface area contributed by atoms with Gasteiger partial charge in [-0.1, -0.05) is 76.8 Å². The molecule has 0 saturated carbocycles. The highest BCUT2D eigenvalue weighted by atomic mass is 35.5. The fourth-order valence-corrected chi connectivity index (χ4v) is 8.57. The van der Waals surface area contributed by atoms with Crippen molar-refractivity contribution in [2.45, 2.75) is 103 Å². The SMILES string of the molecule is Cc1cc(C)cc(C(=O)N2CCN(C(=O)CNC3C[C@@H]4CC[C@@H](C3)N4C(=O)[C@H](Cc3ccccc3)NC(=O)OC(C)(C)C)[C@H](c3ccc(Cl)c(Cl)c3)C2)c1. The van der Waals surface area contributed by atoms with Crippen molar-refractivity contribution in [3.8, 4) is 0 Å². The number of fused-ring (bicyclic) bond motifs is 2. The van der Waals surface area contributed by atoms with Crippen LogP contribution in [0.4, 0.5) is 4.79 Å². The van der Waals surface area contributed by atoms with Crippen molar-refractivity contribution in [2.24, 2.45) is 0 Å². The number of carbonyl (C=O) groups excluding carboxylic acids is 4. The van der Waals surface area contributed by atoms with E-state index >= 15 is 0 Å². The Hall–Kier alpha value is -4.12. The number of halogens is 2. The van der Waals surface area contributed by atoms with E-state index in [1.165, 1.54) is 0 Å². The Kier molecular flexibility index (Phi) is 12.2. The molecule has 4 atom stereocenters. The lowest BCUT2D eigenvalue weighted by molar-refractivity contribution is -0.139. The molecular weight excluding hydrogens is 725 g/mol. The Bertz CT molecular complexity index is 1830. The molecule has 0 radical (unpaired) electrons. The number of piperazine rings is 1. The number of piperidine rings is 1. The van der Waals surface area contributed by atoms with Crippen LogP contribution < -0.4 is 10.6 Å². The Morgan fingerprint density at radius 3 is 2.17 bits per heavy atom. The number of aryl methyl sites for hydroxylation is 2. The second kappa shape index (κ2) is 16.7. The number of nitrogens with one attached hydrogen (secondary N) is 2. The predicted molar refractivity (Wildman–Crippen MR) is 211 cm³/mol. The first kappa shape index (κ1) is 39.6. The minimum absolute atomic E-state index is 0.00802. The van der Waals surface area contributed by atoms with Gasteiger partial charge in [-0.25, -0.2) is 4.79 Å². The monoisotopic (exact) mass is 775 g/mol. The molecule has 0 aromatic heterocycles. The summed E-state index contributed by atoms with van der Waals surface area (Å²) >= 11 is 12.7. The third-order valence-corrected chi connectivity index (χ3v) is 11.3. The quantitative estimate of drug-likeness (QED) is 0.245. The molecule has 3 fully saturated rings. The molecule has 2 N–H and O–H groups in total. The van der Waals surface area contributed by atoms with Crippen LogP contribution in [0.25, 0.3) is 0 Å². The number of amides is 4. The van der Waals surface area contributed by atoms with E-state index in [0.717, 1.165) is 35.1 Å². The van der Waals surface area contributed by atoms with Crippen LogP contribution in [0.1, 0.15) is 85.1 Å². The summed E-state index contributed by atoms with van der Waals surface area (Å²) in [4.78, 5) is 60.4. The molecule has 54 heavy (non-hydrogen) atoms. The number of alkyl carbamates (subject to hydrolysis) is 1. The van der Waals surface area contributed by atoms with Gasteiger partial charge >= 0.3 is 6.09 Å². The van der Waals surface area contributed by atoms with E-state index in [0.29, 0.717) is 54.5 Å². The lowest BCUT2D eigenvalue weighted by atomic mass is 9.95. The second-order valence-electron chi connectivity index (χ2n) is 16.0. The Labute approximate surface area is 328 Å². The lowest BCUT2D eigenvalue weighted by Crippen LogP contribution is -2.58. The number of ether oxygens (including phenoxy) is 1. The Morgan fingerprint density at radius 2 is 1.54 bits per heavy atom. The minimum atomic E-state index is -0.768. The summed E-state index contributed by atoms with van der Waals surface area (Å²) in [5.74, 6) is -0.245. The molecule has 3 aromatic carbocycles. The molecule has 12 heteroatoms. The zero-order chi connectivity index (χ0) is 38.7. The zero-order valence-electron chi connectivity index (χ0n) is 31.7. The number of carbonyl (C=O) groups is 4. The van der Waals surface area contributed by atoms with Crippen LogP contribution in [0.5, 0.6) is 0 Å². The van der Waals surface area contributed by atoms with E-state index in [4.69, 9.17) is 27.9 Å². The van der Waals surface area contributed by atoms with Gasteiger partial charge in [-0.05, 0) is 95.7 Å². The highest BCUT2D eigenvalue weighted by molar-refractivity contribution is 6.42. The molecule has 3 aliphatic rings. The van der Waals surface area contributed by atoms with Crippen LogP contribution in [0.3, 0.4) is 0 Å². The van der Waals surface area contributed by atoms with Gasteiger partial charge in [0, 0.05) is 49.7 Å². The van der Waals surface area contributed by atoms with Gasteiger partial charge in [-0.3, -0.25) is 14.4 Å². The molecule has 6 rings (SSSR count). The van der Waals surface area contributed by atoms with Crippen molar-refractivity contribution in [2.75, 3.05) is 26.2 Å². The van der Waals surface area contributed by atoms with Gasteiger partial charge in [0.15, 0.2) is 0 Å². The van der Waals surface area contributed by atoms with Crippen molar-refractivity contribution in [1.29, 1.82) is 0 Å². The summed E-state index contributed by atoms with van der Waals surface area (Å²) in [7, 11) is 0. The number of benzene rings is 3. The standard InChI is InChI=1S/C42H51Cl2N5O5/c1-26-17-27(2)19-30(18-26)39(51)47-15-16-48(37(25-47)29-11-14-34(43)35(44)21-29)38(50)24-45-31-22-32-12-13-33(23-31)49(32)40(52)36(20-28-9-7-6-8-10-28)46-41(53)54-42(3,4)5/h6-11,14,17-19,21,31-33,36-37,45H,12-13,15-16,20,22-25H2,1-5H3,(H,46,53)/t32-,33-,36-,37-/m0/s1. The highest BCUT2D eigenvalue weighted by Gasteiger charge is 2.45. The van der Waals surface area contributed by atoms with Gasteiger partial charge in [0.25, 0.3) is 5.91 Å². The van der Waals surface area contributed by atoms with Crippen molar-refractivity contribution < 1.29 is 23.9 Å². The van der Waals surface area contributed by atoms with Crippen LogP contribution in [-0.2, 0) is 20.7 Å². The molecular formula is C42H51Cl2N5O5. The molecule has 3 heterocycles. The molecule has 3 aromatic rings. The third-order valence-electron chi connectivity index (χ3n) is 10.6. The summed E-state index contributed by atoms with van der Waals surface area (Å²) in [5.41, 5.74) is 3.74. The first-order chi connectivity index (χ1) is 25.6. The number of hydrogen-bond donors (Lipinski definition) is 2. The maximum absolute atomic E-state index is 14.2. The third kappa shape index (κ3) is 9.57. The zero-order valence-corrected chi connectivity index (χ0v) is 33.3. The van der Waals surface area contributed by atoms with E-state index in [2.05, 4.69) is 10.6 Å². The highest BCUT2D eigenvalue weighted by Crippen LogP contribution is 2.37. The van der Waals surface area contributed by atoms with Gasteiger partial charge in [-0.2, -0.15) is 0 Å². The van der Waals surface area contributed by atoms with Crippen molar-refractivity contribution >= 4 is 47.0 Å². The van der Waals surface area contributed by atoms with E-state index in [-0.39, 0.29) is 42.4 Å². The van der Waals surface area contributed by atoms with Crippen molar-refractivity contribution in [3.05, 3.63) is 105 Å². The normalized spacial score (nSPS) is 21.8. The summed E-state index contributed by atoms with van der Waals surface area (Å²) in [6.07, 6.45) is 2.87. The fraction of sp³-hybridized carbons (Fsp3) is 0.476. The van der Waals surface area contributed by atoms with Gasteiger partial charge in [0.05, 0.1) is 22.6 Å². The summed E-state index contributed by atoms with van der Waals surface area (Å²) < 4.78 is 5.53. The minimum Gasteiger partial charge on any atom is -0.444 e. The van der Waals surface area contributed by atoms with Crippen LogP contribution in [0.15, 0.2) is 66.7 Å². The maximum atomic E-state index is 14.2. The smallest absolute Gasteiger partial charge is 0.408 e. The molecule has 0 aliphatic carbocycles. The second-order valence-corrected chi connectivity index (χ2v) is 16.8. The molecule has 288 valence electrons. The predicted octanol–water partition coefficient (Wildman–Crippen LogP) is 6.88. The summed E-state index contributed by atoms with van der Waals surface area (Å²) in [6, 6.07) is 19.7. The topological polar surface area (TPSA) is 111 Å². The average molecular weight is 777 g/mol. The van der Waals surface area contributed by atoms with Crippen molar-refractivity contribution in [1.82, 2.24) is 25.3 Å². The van der Waals surface area contributed by atoms with Gasteiger partial charge in [0.2, 0.25) is 11.8 Å². The molecule has 3 saturated heterocycles. The first-order valence-corrected chi connectivity index (χ1v) is 19.6. The largest absolute Gasteiger partial charge is 0.444 e. The van der Waals surface area contributed by atoms with Crippen LogP contribution in [0.2, 0.25) is 10.0 Å². The molecule has 10 nitrogen and oxygen atoms in total. The van der Waals surface area contributed by atoms with E-state index in [1.54, 1.807) is 32.9 Å². The number of nitrogens with zero attached hydrogens (tertiary/aromatic N) is 3. The van der Waals surface area contributed by atoms with Crippen molar-refractivity contribution in [3.63, 3.8) is 0 Å². The number of rotatable bonds is 9. The van der Waals surface area contributed by atoms with Crippen LogP contribution in [0, 0.1) is 13.8 Å². The molecule has 0 spiro atoms. The van der Waals surface area contributed by atoms with Crippen LogP contribution >= 0.6 is 23.2 Å². The average Bonchev–Trinajstić information content (AvgIpc) is 3.38. The fourth-order valence-electron chi connectivity index (χ4n) is 8.27. The summed E-state index contributed by atoms with van der Waals surface area (Å²) in [6.45, 7) is 10.6. The molecule has 3 aliphatic heterocycles. The molecule has 0 unspecified atom stereocenters. The van der Waals surface area contributed by atoms with Gasteiger partial charge in [0.1, 0.15) is 11.6 Å². The van der Waals surface area contributed by atoms with E-state index in [9.17, 15) is 19.2 Å². The molecule has 2 bridgehead atoms. The van der Waals surface area contributed by atoms with Gasteiger partial charge < -0.3 is 30.1 Å². The number of hydrogen-bond acceptors (Lipinski definition) is 6. The van der Waals surface area contributed by atoms with Gasteiger partial charge in [-0.15, -0.1) is 0 Å². The first-order valence-electron chi connectivity index (χ1n) is 18.9. The lowest BCUT2D eigenvalue weighted by Gasteiger charge is -2.43. The Morgan fingerprint density at radius 1 is 0.870 bits per heavy atom. The Balaban J connectivity index is 1.11. The van der Waals surface area contributed by atoms with E-state index in [1.807, 2.05) is 83.1 Å². The van der Waals surface area contributed by atoms with Crippen LogP contribution in [-0.4, -0.2) is 94.5 Å². The summed E-state index contributed by atoms with van der Waals surface area (Å²) in [5, 5.41) is 7.20. The van der Waals surface area contributed by atoms with E-state index < -0.39 is 23.8 Å². The maximum Gasteiger partial charge on any atom is 0.408 e. The molecule has 4 amide bonds.